The van der Waals surface area contributed by atoms with Crippen molar-refractivity contribution in [3.8, 4) is 0 Å². The Labute approximate surface area is 110 Å². The molecular formula is C13H15N3O3. The van der Waals surface area contributed by atoms with Crippen molar-refractivity contribution >= 4 is 23.0 Å². The van der Waals surface area contributed by atoms with Gasteiger partial charge in [0.25, 0.3) is 11.6 Å². The highest BCUT2D eigenvalue weighted by Crippen LogP contribution is 2.25. The summed E-state index contributed by atoms with van der Waals surface area (Å²) in [6, 6.07) is 5.95. The molecule has 1 heterocycles. The minimum Gasteiger partial charge on any atom is -0.272 e. The number of amides is 1. The van der Waals surface area contributed by atoms with E-state index in [-0.39, 0.29) is 11.6 Å². The van der Waals surface area contributed by atoms with E-state index in [4.69, 9.17) is 0 Å². The zero-order chi connectivity index (χ0) is 14.0. The van der Waals surface area contributed by atoms with Crippen molar-refractivity contribution in [2.45, 2.75) is 26.7 Å². The molecule has 0 unspecified atom stereocenters. The highest BCUT2D eigenvalue weighted by molar-refractivity contribution is 6.13. The molecule has 6 heteroatoms. The number of nitrogens with zero attached hydrogens (tertiary/aromatic N) is 3. The van der Waals surface area contributed by atoms with E-state index in [2.05, 4.69) is 18.9 Å². The van der Waals surface area contributed by atoms with Crippen LogP contribution in [0.25, 0.3) is 0 Å². The summed E-state index contributed by atoms with van der Waals surface area (Å²) in [5, 5.41) is 16.2. The number of hydrogen-bond acceptors (Lipinski definition) is 4. The molecule has 1 aliphatic heterocycles. The minimum absolute atomic E-state index is 0.0437. The van der Waals surface area contributed by atoms with Gasteiger partial charge >= 0.3 is 0 Å². The molecule has 0 saturated carbocycles. The van der Waals surface area contributed by atoms with Gasteiger partial charge in [-0.1, -0.05) is 19.9 Å². The molecular weight excluding hydrogens is 246 g/mol. The Morgan fingerprint density at radius 1 is 1.47 bits per heavy atom. The number of rotatable bonds is 4. The van der Waals surface area contributed by atoms with Gasteiger partial charge < -0.3 is 0 Å². The van der Waals surface area contributed by atoms with Gasteiger partial charge in [-0.15, -0.1) is 0 Å². The Morgan fingerprint density at radius 3 is 2.84 bits per heavy atom. The number of carbonyl (C=O) groups excluding carboxylic acids is 1. The predicted molar refractivity (Wildman–Crippen MR) is 72.1 cm³/mol. The van der Waals surface area contributed by atoms with Crippen LogP contribution in [-0.4, -0.2) is 16.5 Å². The van der Waals surface area contributed by atoms with E-state index in [0.29, 0.717) is 18.0 Å². The van der Waals surface area contributed by atoms with Gasteiger partial charge in [-0.2, -0.15) is 5.10 Å². The normalized spacial score (nSPS) is 15.0. The van der Waals surface area contributed by atoms with Crippen LogP contribution in [0.2, 0.25) is 0 Å². The standard InChI is InChI=1S/C13H15N3O3/c1-9(2)6-10-7-13(17)15(14-10)11-4-3-5-12(8-11)16(18)19/h3-5,8-9H,6-7H2,1-2H3. The summed E-state index contributed by atoms with van der Waals surface area (Å²) in [6.07, 6.45) is 1.05. The summed E-state index contributed by atoms with van der Waals surface area (Å²) in [5.74, 6) is 0.285. The van der Waals surface area contributed by atoms with Gasteiger partial charge in [0.05, 0.1) is 17.0 Å². The number of anilines is 1. The maximum Gasteiger partial charge on any atom is 0.271 e. The molecule has 0 bridgehead atoms. The number of benzene rings is 1. The summed E-state index contributed by atoms with van der Waals surface area (Å²) in [7, 11) is 0. The molecule has 0 atom stereocenters. The topological polar surface area (TPSA) is 75.8 Å². The quantitative estimate of drug-likeness (QED) is 0.617. The number of non-ortho nitro benzene ring substituents is 1. The van der Waals surface area contributed by atoms with E-state index < -0.39 is 4.92 Å². The van der Waals surface area contributed by atoms with E-state index in [1.54, 1.807) is 12.1 Å². The summed E-state index contributed by atoms with van der Waals surface area (Å²) in [5.41, 5.74) is 1.22. The molecule has 19 heavy (non-hydrogen) atoms. The number of hydrogen-bond donors (Lipinski definition) is 0. The van der Waals surface area contributed by atoms with Crippen molar-refractivity contribution in [3.05, 3.63) is 34.4 Å². The number of carbonyl (C=O) groups is 1. The van der Waals surface area contributed by atoms with E-state index in [0.717, 1.165) is 12.1 Å². The number of nitro benzene ring substituents is 1. The van der Waals surface area contributed by atoms with Crippen LogP contribution in [0.1, 0.15) is 26.7 Å². The van der Waals surface area contributed by atoms with Crippen LogP contribution in [0.4, 0.5) is 11.4 Å². The van der Waals surface area contributed by atoms with Crippen molar-refractivity contribution < 1.29 is 9.72 Å². The number of hydrazone groups is 1. The smallest absolute Gasteiger partial charge is 0.271 e. The first-order valence-corrected chi connectivity index (χ1v) is 6.11. The van der Waals surface area contributed by atoms with Crippen LogP contribution in [0.5, 0.6) is 0 Å². The summed E-state index contributed by atoms with van der Waals surface area (Å²) in [4.78, 5) is 22.1. The van der Waals surface area contributed by atoms with E-state index in [1.165, 1.54) is 17.1 Å². The predicted octanol–water partition coefficient (Wildman–Crippen LogP) is 2.73. The third kappa shape index (κ3) is 2.96. The van der Waals surface area contributed by atoms with Crippen LogP contribution in [0, 0.1) is 16.0 Å². The Hall–Kier alpha value is -2.24. The molecule has 1 aliphatic rings. The largest absolute Gasteiger partial charge is 0.272 e. The van der Waals surface area contributed by atoms with Gasteiger partial charge in [-0.05, 0) is 18.4 Å². The summed E-state index contributed by atoms with van der Waals surface area (Å²) < 4.78 is 0. The lowest BCUT2D eigenvalue weighted by atomic mass is 10.1. The van der Waals surface area contributed by atoms with Crippen molar-refractivity contribution in [2.24, 2.45) is 11.0 Å². The second-order valence-electron chi connectivity index (χ2n) is 4.92. The van der Waals surface area contributed by atoms with Gasteiger partial charge in [0.15, 0.2) is 0 Å². The van der Waals surface area contributed by atoms with Crippen LogP contribution in [-0.2, 0) is 4.79 Å². The Balaban J connectivity index is 2.26. The fourth-order valence-corrected chi connectivity index (χ4v) is 2.01. The second kappa shape index (κ2) is 5.17. The summed E-state index contributed by atoms with van der Waals surface area (Å²) in [6.45, 7) is 4.12. The fraction of sp³-hybridized carbons (Fsp3) is 0.385. The van der Waals surface area contributed by atoms with E-state index in [9.17, 15) is 14.9 Å². The van der Waals surface area contributed by atoms with Gasteiger partial charge in [-0.25, -0.2) is 5.01 Å². The maximum absolute atomic E-state index is 11.9. The molecule has 0 aromatic heterocycles. The van der Waals surface area contributed by atoms with Gasteiger partial charge in [-0.3, -0.25) is 14.9 Å². The molecule has 100 valence electrons. The Bertz CT molecular complexity index is 552. The lowest BCUT2D eigenvalue weighted by Gasteiger charge is -2.10. The van der Waals surface area contributed by atoms with Crippen LogP contribution >= 0.6 is 0 Å². The van der Waals surface area contributed by atoms with Crippen molar-refractivity contribution in [1.29, 1.82) is 0 Å². The molecule has 0 saturated heterocycles. The lowest BCUT2D eigenvalue weighted by molar-refractivity contribution is -0.384. The van der Waals surface area contributed by atoms with Gasteiger partial charge in [0, 0.05) is 17.8 Å². The molecule has 0 N–H and O–H groups in total. The van der Waals surface area contributed by atoms with E-state index in [1.807, 2.05) is 0 Å². The Morgan fingerprint density at radius 2 is 2.21 bits per heavy atom. The first kappa shape index (κ1) is 13.2. The van der Waals surface area contributed by atoms with E-state index >= 15 is 0 Å². The van der Waals surface area contributed by atoms with Crippen LogP contribution < -0.4 is 5.01 Å². The molecule has 0 fully saturated rings. The SMILES string of the molecule is CC(C)CC1=NN(c2cccc([N+](=O)[O-])c2)C(=O)C1. The first-order valence-electron chi connectivity index (χ1n) is 6.11. The monoisotopic (exact) mass is 261 g/mol. The highest BCUT2D eigenvalue weighted by Gasteiger charge is 2.26. The average Bonchev–Trinajstić information content (AvgIpc) is 2.69. The zero-order valence-corrected chi connectivity index (χ0v) is 10.9. The molecule has 1 amide bonds. The molecule has 6 nitrogen and oxygen atoms in total. The Kier molecular flexibility index (Phi) is 3.59. The maximum atomic E-state index is 11.9. The molecule has 0 radical (unpaired) electrons. The third-order valence-corrected chi connectivity index (χ3v) is 2.76. The van der Waals surface area contributed by atoms with Crippen molar-refractivity contribution in [1.82, 2.24) is 0 Å². The fourth-order valence-electron chi connectivity index (χ4n) is 2.01. The highest BCUT2D eigenvalue weighted by atomic mass is 16.6. The molecule has 0 spiro atoms. The van der Waals surface area contributed by atoms with Crippen LogP contribution in [0.15, 0.2) is 29.4 Å². The first-order chi connectivity index (χ1) is 8.97. The minimum atomic E-state index is -0.483. The molecule has 2 rings (SSSR count). The average molecular weight is 261 g/mol. The molecule has 0 aliphatic carbocycles. The van der Waals surface area contributed by atoms with Crippen molar-refractivity contribution in [2.75, 3.05) is 5.01 Å². The lowest BCUT2D eigenvalue weighted by Crippen LogP contribution is -2.19. The number of nitro groups is 1. The molecule has 1 aromatic carbocycles. The second-order valence-corrected chi connectivity index (χ2v) is 4.92. The summed E-state index contributed by atoms with van der Waals surface area (Å²) >= 11 is 0. The third-order valence-electron chi connectivity index (χ3n) is 2.76. The molecule has 1 aromatic rings. The zero-order valence-electron chi connectivity index (χ0n) is 10.9. The van der Waals surface area contributed by atoms with Gasteiger partial charge in [0.1, 0.15) is 0 Å². The van der Waals surface area contributed by atoms with Gasteiger partial charge in [0.2, 0.25) is 0 Å². The van der Waals surface area contributed by atoms with Crippen LogP contribution in [0.3, 0.4) is 0 Å². The van der Waals surface area contributed by atoms with Crippen molar-refractivity contribution in [3.63, 3.8) is 0 Å².